The predicted octanol–water partition coefficient (Wildman–Crippen LogP) is 4.67. The smallest absolute Gasteiger partial charge is 0.243 e. The molecule has 2 aromatic carbocycles. The van der Waals surface area contributed by atoms with Gasteiger partial charge >= 0.3 is 0 Å². The summed E-state index contributed by atoms with van der Waals surface area (Å²) >= 11 is 1.56. The Hall–Kier alpha value is -2.46. The van der Waals surface area contributed by atoms with Gasteiger partial charge in [-0.3, -0.25) is 0 Å². The number of nitrogens with zero attached hydrogens (tertiary/aromatic N) is 3. The first-order valence-electron chi connectivity index (χ1n) is 11.5. The normalized spacial score (nSPS) is 15.5. The van der Waals surface area contributed by atoms with Gasteiger partial charge in [0.2, 0.25) is 10.0 Å². The molecule has 9 heteroatoms. The van der Waals surface area contributed by atoms with Crippen LogP contribution in [0.25, 0.3) is 11.3 Å². The third kappa shape index (κ3) is 5.60. The maximum atomic E-state index is 13.0. The fourth-order valence-corrected chi connectivity index (χ4v) is 6.52. The quantitative estimate of drug-likeness (QED) is 0.400. The van der Waals surface area contributed by atoms with Gasteiger partial charge in [-0.1, -0.05) is 18.6 Å². The van der Waals surface area contributed by atoms with Crippen molar-refractivity contribution in [2.45, 2.75) is 37.1 Å². The topological polar surface area (TPSA) is 73.1 Å². The molecule has 0 radical (unpaired) electrons. The molecular weight excluding hydrogens is 470 g/mol. The van der Waals surface area contributed by atoms with Crippen LogP contribution in [0.15, 0.2) is 63.8 Å². The number of aromatic nitrogens is 1. The van der Waals surface area contributed by atoms with E-state index in [0.717, 1.165) is 59.7 Å². The number of methoxy groups -OCH3 is 2. The van der Waals surface area contributed by atoms with Crippen LogP contribution in [0.2, 0.25) is 0 Å². The molecule has 0 amide bonds. The third-order valence-electron chi connectivity index (χ3n) is 5.93. The molecule has 1 saturated heterocycles. The predicted molar refractivity (Wildman–Crippen MR) is 135 cm³/mol. The fraction of sp³-hybridized carbons (Fsp3) is 0.400. The summed E-state index contributed by atoms with van der Waals surface area (Å²) in [7, 11) is -0.105. The molecule has 0 aliphatic carbocycles. The van der Waals surface area contributed by atoms with Crippen LogP contribution in [-0.2, 0) is 21.3 Å². The van der Waals surface area contributed by atoms with Crippen molar-refractivity contribution in [1.29, 1.82) is 0 Å². The Morgan fingerprint density at radius 3 is 2.32 bits per heavy atom. The number of thiazole rings is 1. The van der Waals surface area contributed by atoms with Crippen LogP contribution in [0.1, 0.15) is 25.7 Å². The Bertz CT molecular complexity index is 1240. The van der Waals surface area contributed by atoms with Crippen molar-refractivity contribution in [3.63, 3.8) is 0 Å². The van der Waals surface area contributed by atoms with Gasteiger partial charge in [-0.2, -0.15) is 4.31 Å². The molecule has 34 heavy (non-hydrogen) atoms. The zero-order valence-electron chi connectivity index (χ0n) is 19.6. The lowest BCUT2D eigenvalue weighted by molar-refractivity contribution is 0.190. The average molecular weight is 502 g/mol. The molecule has 0 bridgehead atoms. The lowest BCUT2D eigenvalue weighted by atomic mass is 10.2. The highest BCUT2D eigenvalue weighted by atomic mass is 32.2. The molecule has 0 N–H and O–H groups in total. The minimum Gasteiger partial charge on any atom is -0.497 e. The molecule has 182 valence electrons. The monoisotopic (exact) mass is 501 g/mol. The maximum Gasteiger partial charge on any atom is 0.243 e. The Kier molecular flexibility index (Phi) is 8.20. The van der Waals surface area contributed by atoms with Gasteiger partial charge in [-0.15, -0.1) is 11.3 Å². The summed E-state index contributed by atoms with van der Waals surface area (Å²) in [5.74, 6) is 0.790. The summed E-state index contributed by atoms with van der Waals surface area (Å²) < 4.78 is 40.3. The molecule has 1 aliphatic rings. The van der Waals surface area contributed by atoms with Crippen LogP contribution in [0, 0.1) is 0 Å². The minimum atomic E-state index is -3.45. The molecule has 0 saturated carbocycles. The second-order valence-corrected chi connectivity index (χ2v) is 11.0. The van der Waals surface area contributed by atoms with Crippen molar-refractivity contribution in [2.24, 2.45) is 4.99 Å². The van der Waals surface area contributed by atoms with Crippen molar-refractivity contribution in [1.82, 2.24) is 8.87 Å². The van der Waals surface area contributed by atoms with Gasteiger partial charge in [0.25, 0.3) is 0 Å². The number of piperidine rings is 1. The van der Waals surface area contributed by atoms with Crippen molar-refractivity contribution in [3.05, 3.63) is 58.7 Å². The summed E-state index contributed by atoms with van der Waals surface area (Å²) in [5.41, 5.74) is 2.82. The molecule has 4 rings (SSSR count). The Labute approximate surface area is 205 Å². The number of benzene rings is 2. The average Bonchev–Trinajstić information content (AvgIpc) is 3.27. The molecule has 0 unspecified atom stereocenters. The first kappa shape index (κ1) is 24.7. The van der Waals surface area contributed by atoms with E-state index in [9.17, 15) is 8.42 Å². The largest absolute Gasteiger partial charge is 0.497 e. The fourth-order valence-electron chi connectivity index (χ4n) is 4.05. The molecule has 1 fully saturated rings. The van der Waals surface area contributed by atoms with E-state index in [1.54, 1.807) is 42.0 Å². The third-order valence-corrected chi connectivity index (χ3v) is 8.70. The molecule has 7 nitrogen and oxygen atoms in total. The molecule has 2 heterocycles. The first-order chi connectivity index (χ1) is 16.5. The zero-order chi connectivity index (χ0) is 24.0. The number of ether oxygens (including phenoxy) is 2. The van der Waals surface area contributed by atoms with E-state index in [4.69, 9.17) is 14.5 Å². The number of rotatable bonds is 9. The summed E-state index contributed by atoms with van der Waals surface area (Å²) in [5, 5.41) is 2.07. The van der Waals surface area contributed by atoms with Crippen molar-refractivity contribution in [2.75, 3.05) is 33.9 Å². The minimum absolute atomic E-state index is 0.349. The summed E-state index contributed by atoms with van der Waals surface area (Å²) in [4.78, 5) is 6.07. The van der Waals surface area contributed by atoms with Crippen LogP contribution in [0.5, 0.6) is 5.75 Å². The van der Waals surface area contributed by atoms with E-state index in [1.807, 2.05) is 36.4 Å². The van der Waals surface area contributed by atoms with Crippen LogP contribution in [-0.4, -0.2) is 51.2 Å². The lowest BCUT2D eigenvalue weighted by Crippen LogP contribution is -2.35. The highest BCUT2D eigenvalue weighted by Gasteiger charge is 2.25. The van der Waals surface area contributed by atoms with Gasteiger partial charge in [-0.05, 0) is 61.2 Å². The van der Waals surface area contributed by atoms with Crippen LogP contribution in [0.4, 0.5) is 5.69 Å². The maximum absolute atomic E-state index is 13.0. The first-order valence-corrected chi connectivity index (χ1v) is 13.8. The zero-order valence-corrected chi connectivity index (χ0v) is 21.3. The SMILES string of the molecule is COCCCn1c(-c2ccc(S(=O)(=O)N3CCCCC3)cc2)csc1=Nc1ccc(OC)cc1. The van der Waals surface area contributed by atoms with Crippen LogP contribution < -0.4 is 9.54 Å². The van der Waals surface area contributed by atoms with Crippen molar-refractivity contribution < 1.29 is 17.9 Å². The van der Waals surface area contributed by atoms with Gasteiger partial charge < -0.3 is 14.0 Å². The Morgan fingerprint density at radius 1 is 0.971 bits per heavy atom. The van der Waals surface area contributed by atoms with Gasteiger partial charge in [-0.25, -0.2) is 13.4 Å². The number of hydrogen-bond acceptors (Lipinski definition) is 6. The highest BCUT2D eigenvalue weighted by molar-refractivity contribution is 7.89. The Balaban J connectivity index is 1.65. The molecule has 3 aromatic rings. The molecular formula is C25H31N3O4S2. The van der Waals surface area contributed by atoms with E-state index in [2.05, 4.69) is 9.95 Å². The summed E-state index contributed by atoms with van der Waals surface area (Å²) in [6.45, 7) is 2.60. The van der Waals surface area contributed by atoms with Crippen LogP contribution >= 0.6 is 11.3 Å². The second kappa shape index (κ2) is 11.3. The highest BCUT2D eigenvalue weighted by Crippen LogP contribution is 2.26. The van der Waals surface area contributed by atoms with E-state index >= 15 is 0 Å². The van der Waals surface area contributed by atoms with Crippen LogP contribution in [0.3, 0.4) is 0 Å². The van der Waals surface area contributed by atoms with Gasteiger partial charge in [0.15, 0.2) is 4.80 Å². The molecule has 0 spiro atoms. The lowest BCUT2D eigenvalue weighted by Gasteiger charge is -2.25. The Morgan fingerprint density at radius 2 is 1.68 bits per heavy atom. The second-order valence-electron chi connectivity index (χ2n) is 8.20. The van der Waals surface area contributed by atoms with Crippen molar-refractivity contribution in [3.8, 4) is 17.0 Å². The standard InChI is InChI=1S/C25H31N3O4S2/c1-31-18-6-17-28-24(19-33-25(28)26-21-9-11-22(32-2)12-10-21)20-7-13-23(14-8-20)34(29,30)27-15-4-3-5-16-27/h7-14,19H,3-6,15-18H2,1-2H3. The molecule has 1 aromatic heterocycles. The summed E-state index contributed by atoms with van der Waals surface area (Å²) in [6.07, 6.45) is 3.79. The van der Waals surface area contributed by atoms with E-state index in [1.165, 1.54) is 0 Å². The van der Waals surface area contributed by atoms with Gasteiger partial charge in [0, 0.05) is 38.7 Å². The van der Waals surface area contributed by atoms with E-state index < -0.39 is 10.0 Å². The molecule has 1 aliphatic heterocycles. The number of hydrogen-bond donors (Lipinski definition) is 0. The summed E-state index contributed by atoms with van der Waals surface area (Å²) in [6, 6.07) is 14.9. The van der Waals surface area contributed by atoms with Gasteiger partial charge in [0.1, 0.15) is 5.75 Å². The van der Waals surface area contributed by atoms with E-state index in [-0.39, 0.29) is 0 Å². The van der Waals surface area contributed by atoms with E-state index in [0.29, 0.717) is 24.6 Å². The molecule has 0 atom stereocenters. The number of sulfonamides is 1. The van der Waals surface area contributed by atoms with Gasteiger partial charge in [0.05, 0.1) is 23.4 Å². The van der Waals surface area contributed by atoms with Crippen molar-refractivity contribution >= 4 is 27.0 Å².